The first-order valence-corrected chi connectivity index (χ1v) is 10.5. The van der Waals surface area contributed by atoms with Crippen molar-refractivity contribution in [3.05, 3.63) is 53.6 Å². The van der Waals surface area contributed by atoms with E-state index in [1.165, 1.54) is 17.2 Å². The maximum atomic E-state index is 14.6. The Morgan fingerprint density at radius 1 is 1.24 bits per heavy atom. The molecule has 3 heterocycles. The van der Waals surface area contributed by atoms with Crippen LogP contribution in [0.4, 0.5) is 22.4 Å². The number of alkyl halides is 3. The average Bonchev–Trinajstić information content (AvgIpc) is 2.79. The minimum absolute atomic E-state index is 0.127. The highest BCUT2D eigenvalue weighted by Crippen LogP contribution is 2.42. The van der Waals surface area contributed by atoms with Crippen molar-refractivity contribution in [3.8, 4) is 11.5 Å². The standard InChI is InChI=1S/C22H21F4N3O5/c23-15-12-14(3-4-16(15)34-22(24,25)26)21(7-11-33-17-2-1-8-27-18(17)21)28-20(32)29-9-5-13(6-10-29)19(30)31/h1-4,8,12-13H,5-7,9-11H2,(H,28,32)(H,30,31)/t21-/m0/s1. The summed E-state index contributed by atoms with van der Waals surface area (Å²) < 4.78 is 61.8. The Balaban J connectivity index is 1.68. The number of halogens is 4. The molecule has 1 aromatic heterocycles. The van der Waals surface area contributed by atoms with Crippen molar-refractivity contribution in [2.45, 2.75) is 31.2 Å². The highest BCUT2D eigenvalue weighted by atomic mass is 19.4. The maximum absolute atomic E-state index is 14.6. The lowest BCUT2D eigenvalue weighted by molar-refractivity contribution is -0.275. The van der Waals surface area contributed by atoms with E-state index in [2.05, 4.69) is 15.0 Å². The predicted octanol–water partition coefficient (Wildman–Crippen LogP) is 3.65. The number of hydrogen-bond donors (Lipinski definition) is 2. The van der Waals surface area contributed by atoms with Crippen LogP contribution in [-0.2, 0) is 10.3 Å². The van der Waals surface area contributed by atoms with Gasteiger partial charge in [0.15, 0.2) is 11.6 Å². The number of carboxylic acid groups (broad SMARTS) is 1. The molecule has 1 fully saturated rings. The highest BCUT2D eigenvalue weighted by molar-refractivity contribution is 5.77. The van der Waals surface area contributed by atoms with Gasteiger partial charge in [-0.05, 0) is 42.7 Å². The number of urea groups is 1. The van der Waals surface area contributed by atoms with Crippen LogP contribution in [0.3, 0.4) is 0 Å². The molecule has 0 bridgehead atoms. The highest BCUT2D eigenvalue weighted by Gasteiger charge is 2.44. The number of pyridine rings is 1. The molecule has 0 spiro atoms. The van der Waals surface area contributed by atoms with E-state index < -0.39 is 41.4 Å². The van der Waals surface area contributed by atoms with Crippen LogP contribution in [0.1, 0.15) is 30.5 Å². The number of piperidine rings is 1. The van der Waals surface area contributed by atoms with Gasteiger partial charge in [-0.15, -0.1) is 13.2 Å². The summed E-state index contributed by atoms with van der Waals surface area (Å²) in [5.41, 5.74) is -0.955. The first-order chi connectivity index (χ1) is 16.1. The van der Waals surface area contributed by atoms with Crippen LogP contribution in [0.2, 0.25) is 0 Å². The molecule has 1 saturated heterocycles. The van der Waals surface area contributed by atoms with Gasteiger partial charge in [-0.1, -0.05) is 6.07 Å². The zero-order valence-electron chi connectivity index (χ0n) is 17.8. The van der Waals surface area contributed by atoms with Crippen LogP contribution in [0.5, 0.6) is 11.5 Å². The largest absolute Gasteiger partial charge is 0.573 e. The summed E-state index contributed by atoms with van der Waals surface area (Å²) in [5.74, 6) is -3.37. The van der Waals surface area contributed by atoms with Crippen molar-refractivity contribution < 1.29 is 41.7 Å². The Labute approximate surface area is 191 Å². The molecule has 2 amide bonds. The molecule has 2 aliphatic heterocycles. The van der Waals surface area contributed by atoms with Crippen LogP contribution in [0.15, 0.2) is 36.5 Å². The second-order valence-electron chi connectivity index (χ2n) is 8.08. The number of rotatable bonds is 4. The van der Waals surface area contributed by atoms with E-state index in [0.29, 0.717) is 5.75 Å². The van der Waals surface area contributed by atoms with Gasteiger partial charge in [-0.2, -0.15) is 0 Å². The number of fused-ring (bicyclic) bond motifs is 1. The lowest BCUT2D eigenvalue weighted by Gasteiger charge is -2.41. The number of carbonyl (C=O) groups is 2. The molecule has 1 atom stereocenters. The van der Waals surface area contributed by atoms with Crippen LogP contribution in [-0.4, -0.2) is 53.0 Å². The molecule has 2 N–H and O–H groups in total. The third-order valence-electron chi connectivity index (χ3n) is 6.01. The number of carboxylic acids is 1. The van der Waals surface area contributed by atoms with Gasteiger partial charge < -0.3 is 24.8 Å². The number of nitrogens with zero attached hydrogens (tertiary/aromatic N) is 2. The number of nitrogens with one attached hydrogen (secondary N) is 1. The zero-order valence-corrected chi connectivity index (χ0v) is 17.8. The van der Waals surface area contributed by atoms with Crippen LogP contribution < -0.4 is 14.8 Å². The predicted molar refractivity (Wildman–Crippen MR) is 109 cm³/mol. The van der Waals surface area contributed by atoms with E-state index in [1.54, 1.807) is 12.1 Å². The Bertz CT molecular complexity index is 1090. The van der Waals surface area contributed by atoms with Gasteiger partial charge in [0.25, 0.3) is 0 Å². The van der Waals surface area contributed by atoms with E-state index >= 15 is 0 Å². The number of carbonyl (C=O) groups excluding carboxylic acids is 1. The molecule has 8 nitrogen and oxygen atoms in total. The average molecular weight is 483 g/mol. The smallest absolute Gasteiger partial charge is 0.491 e. The molecular weight excluding hydrogens is 462 g/mol. The SMILES string of the molecule is O=C(O)C1CCN(C(=O)N[C@]2(c3ccc(OC(F)(F)F)c(F)c3)CCOc3cccnc32)CC1. The first kappa shape index (κ1) is 23.6. The molecule has 182 valence electrons. The Kier molecular flexibility index (Phi) is 6.24. The monoisotopic (exact) mass is 483 g/mol. The van der Waals surface area contributed by atoms with Gasteiger partial charge in [0.05, 0.1) is 12.5 Å². The second kappa shape index (κ2) is 8.99. The van der Waals surface area contributed by atoms with Crippen molar-refractivity contribution in [1.29, 1.82) is 0 Å². The lowest BCUT2D eigenvalue weighted by atomic mass is 9.81. The minimum Gasteiger partial charge on any atom is -0.491 e. The third-order valence-corrected chi connectivity index (χ3v) is 6.01. The van der Waals surface area contributed by atoms with Crippen molar-refractivity contribution >= 4 is 12.0 Å². The Morgan fingerprint density at radius 3 is 2.62 bits per heavy atom. The van der Waals surface area contributed by atoms with Crippen molar-refractivity contribution in [2.24, 2.45) is 5.92 Å². The lowest BCUT2D eigenvalue weighted by Crippen LogP contribution is -2.55. The van der Waals surface area contributed by atoms with E-state index in [9.17, 15) is 32.3 Å². The normalized spacial score (nSPS) is 20.8. The molecule has 4 rings (SSSR count). The fourth-order valence-corrected chi connectivity index (χ4v) is 4.30. The molecule has 34 heavy (non-hydrogen) atoms. The Morgan fingerprint density at radius 2 is 1.97 bits per heavy atom. The summed E-state index contributed by atoms with van der Waals surface area (Å²) in [6.07, 6.45) is -2.90. The molecule has 0 aliphatic carbocycles. The van der Waals surface area contributed by atoms with Gasteiger partial charge in [0.2, 0.25) is 0 Å². The number of benzene rings is 1. The maximum Gasteiger partial charge on any atom is 0.573 e. The fourth-order valence-electron chi connectivity index (χ4n) is 4.30. The Hall–Kier alpha value is -3.57. The first-order valence-electron chi connectivity index (χ1n) is 10.5. The molecule has 2 aromatic rings. The number of amides is 2. The summed E-state index contributed by atoms with van der Waals surface area (Å²) >= 11 is 0. The van der Waals surface area contributed by atoms with E-state index in [1.807, 2.05) is 0 Å². The minimum atomic E-state index is -5.07. The van der Waals surface area contributed by atoms with Gasteiger partial charge in [0, 0.05) is 25.7 Å². The summed E-state index contributed by atoms with van der Waals surface area (Å²) in [6, 6.07) is 5.68. The third kappa shape index (κ3) is 4.70. The summed E-state index contributed by atoms with van der Waals surface area (Å²) in [6.45, 7) is 0.539. The second-order valence-corrected chi connectivity index (χ2v) is 8.08. The fraction of sp³-hybridized carbons (Fsp3) is 0.409. The quantitative estimate of drug-likeness (QED) is 0.644. The zero-order chi connectivity index (χ0) is 24.5. The van der Waals surface area contributed by atoms with E-state index in [0.717, 1.165) is 12.1 Å². The molecule has 2 aliphatic rings. The summed E-state index contributed by atoms with van der Waals surface area (Å²) in [5, 5.41) is 12.1. The number of ether oxygens (including phenoxy) is 2. The summed E-state index contributed by atoms with van der Waals surface area (Å²) in [7, 11) is 0. The molecule has 12 heteroatoms. The van der Waals surface area contributed by atoms with E-state index in [-0.39, 0.29) is 50.2 Å². The van der Waals surface area contributed by atoms with Crippen molar-refractivity contribution in [3.63, 3.8) is 0 Å². The van der Waals surface area contributed by atoms with Gasteiger partial charge >= 0.3 is 18.4 Å². The number of aliphatic carboxylic acids is 1. The molecule has 0 radical (unpaired) electrons. The van der Waals surface area contributed by atoms with Crippen LogP contribution in [0.25, 0.3) is 0 Å². The van der Waals surface area contributed by atoms with Gasteiger partial charge in [0.1, 0.15) is 17.0 Å². The number of hydrogen-bond acceptors (Lipinski definition) is 5. The van der Waals surface area contributed by atoms with Gasteiger partial charge in [-0.3, -0.25) is 9.78 Å². The van der Waals surface area contributed by atoms with Crippen molar-refractivity contribution in [1.82, 2.24) is 15.2 Å². The van der Waals surface area contributed by atoms with Crippen LogP contribution in [0, 0.1) is 11.7 Å². The van der Waals surface area contributed by atoms with Crippen LogP contribution >= 0.6 is 0 Å². The molecule has 1 aromatic carbocycles. The van der Waals surface area contributed by atoms with E-state index in [4.69, 9.17) is 4.74 Å². The van der Waals surface area contributed by atoms with Gasteiger partial charge in [-0.25, -0.2) is 9.18 Å². The van der Waals surface area contributed by atoms with Crippen molar-refractivity contribution in [2.75, 3.05) is 19.7 Å². The topological polar surface area (TPSA) is 101 Å². The molecule has 0 unspecified atom stereocenters. The molecular formula is C22H21F4N3O5. The number of likely N-dealkylation sites (tertiary alicyclic amines) is 1. The molecule has 0 saturated carbocycles. The summed E-state index contributed by atoms with van der Waals surface area (Å²) in [4.78, 5) is 30.2. The number of aromatic nitrogens is 1.